The number of aryl methyl sites for hydroxylation is 1. The van der Waals surface area contributed by atoms with Gasteiger partial charge in [-0.15, -0.1) is 0 Å². The van der Waals surface area contributed by atoms with Gasteiger partial charge in [0.15, 0.2) is 0 Å². The Morgan fingerprint density at radius 3 is 2.67 bits per heavy atom. The Bertz CT molecular complexity index is 643. The van der Waals surface area contributed by atoms with Gasteiger partial charge in [0.2, 0.25) is 0 Å². The molecule has 0 atom stereocenters. The van der Waals surface area contributed by atoms with Crippen molar-refractivity contribution in [1.82, 2.24) is 5.32 Å². The second-order valence-electron chi connectivity index (χ2n) is 4.77. The number of benzene rings is 2. The number of carbonyl (C=O) groups is 1. The molecule has 2 aromatic rings. The monoisotopic (exact) mass is 287 g/mol. The van der Waals surface area contributed by atoms with Crippen LogP contribution in [0.4, 0.5) is 10.1 Å². The maximum absolute atomic E-state index is 13.4. The molecule has 0 saturated carbocycles. The highest BCUT2D eigenvalue weighted by Gasteiger charge is 2.07. The number of rotatable bonds is 5. The van der Waals surface area contributed by atoms with Crippen molar-refractivity contribution < 1.29 is 9.18 Å². The van der Waals surface area contributed by atoms with Gasteiger partial charge in [0.05, 0.1) is 5.69 Å². The fourth-order valence-corrected chi connectivity index (χ4v) is 2.08. The zero-order valence-electron chi connectivity index (χ0n) is 11.8. The number of hydrogen-bond donors (Lipinski definition) is 3. The Morgan fingerprint density at radius 1 is 1.24 bits per heavy atom. The molecule has 0 radical (unpaired) electrons. The van der Waals surface area contributed by atoms with Crippen LogP contribution in [0.25, 0.3) is 0 Å². The molecule has 0 aliphatic carbocycles. The Labute approximate surface area is 123 Å². The second kappa shape index (κ2) is 6.85. The van der Waals surface area contributed by atoms with Crippen molar-refractivity contribution in [3.63, 3.8) is 0 Å². The van der Waals surface area contributed by atoms with Crippen LogP contribution < -0.4 is 16.6 Å². The first-order chi connectivity index (χ1) is 10.1. The van der Waals surface area contributed by atoms with Gasteiger partial charge in [0, 0.05) is 12.1 Å². The summed E-state index contributed by atoms with van der Waals surface area (Å²) in [6, 6.07) is 11.8. The lowest BCUT2D eigenvalue weighted by atomic mass is 10.1. The van der Waals surface area contributed by atoms with E-state index in [4.69, 9.17) is 5.84 Å². The highest BCUT2D eigenvalue weighted by molar-refractivity contribution is 5.94. The van der Waals surface area contributed by atoms with Crippen molar-refractivity contribution in [1.29, 1.82) is 0 Å². The molecule has 110 valence electrons. The predicted octanol–water partition coefficient (Wildman–Crippen LogP) is 2.39. The number of nitrogens with two attached hydrogens (primary N) is 1. The first-order valence-electron chi connectivity index (χ1n) is 6.70. The van der Waals surface area contributed by atoms with Gasteiger partial charge >= 0.3 is 0 Å². The largest absolute Gasteiger partial charge is 0.352 e. The second-order valence-corrected chi connectivity index (χ2v) is 4.77. The van der Waals surface area contributed by atoms with E-state index in [0.29, 0.717) is 24.1 Å². The summed E-state index contributed by atoms with van der Waals surface area (Å²) in [5.41, 5.74) is 5.37. The van der Waals surface area contributed by atoms with E-state index in [1.807, 2.05) is 6.92 Å². The minimum atomic E-state index is -0.249. The average Bonchev–Trinajstić information content (AvgIpc) is 2.49. The van der Waals surface area contributed by atoms with Crippen LogP contribution >= 0.6 is 0 Å². The minimum Gasteiger partial charge on any atom is -0.352 e. The molecule has 4 nitrogen and oxygen atoms in total. The molecule has 0 aliphatic heterocycles. The summed E-state index contributed by atoms with van der Waals surface area (Å²) in [6.45, 7) is 2.25. The molecule has 21 heavy (non-hydrogen) atoms. The van der Waals surface area contributed by atoms with Crippen LogP contribution in [0.3, 0.4) is 0 Å². The van der Waals surface area contributed by atoms with Crippen molar-refractivity contribution >= 4 is 11.6 Å². The summed E-state index contributed by atoms with van der Waals surface area (Å²) in [5.74, 6) is 4.92. The lowest BCUT2D eigenvalue weighted by Gasteiger charge is -2.09. The summed E-state index contributed by atoms with van der Waals surface area (Å²) in [6.07, 6.45) is 0.458. The van der Waals surface area contributed by atoms with Gasteiger partial charge in [-0.1, -0.05) is 18.2 Å². The smallest absolute Gasteiger partial charge is 0.251 e. The van der Waals surface area contributed by atoms with Crippen LogP contribution in [0.1, 0.15) is 21.5 Å². The Balaban J connectivity index is 1.93. The summed E-state index contributed by atoms with van der Waals surface area (Å²) in [5, 5.41) is 2.78. The van der Waals surface area contributed by atoms with Crippen molar-refractivity contribution in [3.05, 3.63) is 65.0 Å². The third-order valence-electron chi connectivity index (χ3n) is 3.28. The molecule has 2 aromatic carbocycles. The number of hydrazine groups is 1. The normalized spacial score (nSPS) is 10.2. The highest BCUT2D eigenvalue weighted by atomic mass is 19.1. The maximum atomic E-state index is 13.4. The molecular formula is C16H18FN3O. The zero-order valence-corrected chi connectivity index (χ0v) is 11.8. The van der Waals surface area contributed by atoms with Gasteiger partial charge in [-0.05, 0) is 48.7 Å². The van der Waals surface area contributed by atoms with E-state index in [1.54, 1.807) is 36.4 Å². The molecule has 0 spiro atoms. The number of hydrogen-bond acceptors (Lipinski definition) is 3. The molecule has 0 bridgehead atoms. The van der Waals surface area contributed by atoms with Crippen LogP contribution in [-0.4, -0.2) is 12.5 Å². The molecule has 0 saturated heterocycles. The van der Waals surface area contributed by atoms with E-state index < -0.39 is 0 Å². The van der Waals surface area contributed by atoms with E-state index in [9.17, 15) is 9.18 Å². The van der Waals surface area contributed by atoms with Crippen molar-refractivity contribution in [2.24, 2.45) is 5.84 Å². The van der Waals surface area contributed by atoms with E-state index in [1.165, 1.54) is 6.07 Å². The van der Waals surface area contributed by atoms with Gasteiger partial charge in [-0.25, -0.2) is 4.39 Å². The fraction of sp³-hybridized carbons (Fsp3) is 0.188. The third-order valence-corrected chi connectivity index (χ3v) is 3.28. The molecule has 0 aliphatic rings. The highest BCUT2D eigenvalue weighted by Crippen LogP contribution is 2.15. The summed E-state index contributed by atoms with van der Waals surface area (Å²) in [4.78, 5) is 12.0. The van der Waals surface area contributed by atoms with E-state index in [2.05, 4.69) is 10.7 Å². The predicted molar refractivity (Wildman–Crippen MR) is 81.4 cm³/mol. The Morgan fingerprint density at radius 2 is 2.00 bits per heavy atom. The lowest BCUT2D eigenvalue weighted by molar-refractivity contribution is 0.0954. The summed E-state index contributed by atoms with van der Waals surface area (Å²) in [7, 11) is 0. The van der Waals surface area contributed by atoms with Gasteiger partial charge in [0.25, 0.3) is 5.91 Å². The molecule has 0 heterocycles. The molecule has 1 amide bonds. The first-order valence-corrected chi connectivity index (χ1v) is 6.70. The van der Waals surface area contributed by atoms with Crippen LogP contribution in [0.2, 0.25) is 0 Å². The maximum Gasteiger partial charge on any atom is 0.251 e. The van der Waals surface area contributed by atoms with Crippen LogP contribution in [-0.2, 0) is 6.42 Å². The van der Waals surface area contributed by atoms with E-state index in [0.717, 1.165) is 11.3 Å². The first kappa shape index (κ1) is 15.0. The number of amides is 1. The quantitative estimate of drug-likeness (QED) is 0.584. The van der Waals surface area contributed by atoms with Gasteiger partial charge in [0.1, 0.15) is 5.82 Å². The molecule has 0 aromatic heterocycles. The molecule has 2 rings (SSSR count). The molecular weight excluding hydrogens is 269 g/mol. The van der Waals surface area contributed by atoms with Crippen molar-refractivity contribution in [2.75, 3.05) is 12.0 Å². The van der Waals surface area contributed by atoms with Crippen LogP contribution in [0.15, 0.2) is 42.5 Å². The zero-order chi connectivity index (χ0) is 15.2. The summed E-state index contributed by atoms with van der Waals surface area (Å²) < 4.78 is 13.4. The average molecular weight is 287 g/mol. The Kier molecular flexibility index (Phi) is 4.90. The number of halogens is 1. The van der Waals surface area contributed by atoms with Gasteiger partial charge in [-0.3, -0.25) is 10.6 Å². The number of anilines is 1. The third kappa shape index (κ3) is 3.79. The van der Waals surface area contributed by atoms with Gasteiger partial charge < -0.3 is 10.7 Å². The molecule has 0 fully saturated rings. The lowest BCUT2D eigenvalue weighted by Crippen LogP contribution is -2.26. The fourth-order valence-electron chi connectivity index (χ4n) is 2.08. The van der Waals surface area contributed by atoms with Crippen LogP contribution in [0.5, 0.6) is 0 Å². The van der Waals surface area contributed by atoms with E-state index in [-0.39, 0.29) is 11.7 Å². The standard InChI is InChI=1S/C16H18FN3O/c1-11-10-13(6-7-15(11)20-18)16(21)19-9-8-12-4-2-3-5-14(12)17/h2-7,10,20H,8-9,18H2,1H3,(H,19,21). The SMILES string of the molecule is Cc1cc(C(=O)NCCc2ccccc2F)ccc1NN. The van der Waals surface area contributed by atoms with E-state index >= 15 is 0 Å². The van der Waals surface area contributed by atoms with Crippen molar-refractivity contribution in [3.8, 4) is 0 Å². The summed E-state index contributed by atoms with van der Waals surface area (Å²) >= 11 is 0. The molecule has 0 unspecified atom stereocenters. The van der Waals surface area contributed by atoms with Crippen molar-refractivity contribution in [2.45, 2.75) is 13.3 Å². The molecule has 5 heteroatoms. The number of nitrogen functional groups attached to an aromatic ring is 1. The number of carbonyl (C=O) groups excluding carboxylic acids is 1. The molecule has 4 N–H and O–H groups in total. The van der Waals surface area contributed by atoms with Gasteiger partial charge in [-0.2, -0.15) is 0 Å². The Hall–Kier alpha value is -2.40. The minimum absolute atomic E-state index is 0.182. The topological polar surface area (TPSA) is 67.2 Å². The van der Waals surface area contributed by atoms with Crippen LogP contribution in [0, 0.1) is 12.7 Å². The number of nitrogens with one attached hydrogen (secondary N) is 2.